The fraction of sp³-hybridized carbons (Fsp3) is 0.415. The van der Waals surface area contributed by atoms with Gasteiger partial charge in [-0.1, -0.05) is 95.3 Å². The first-order valence-corrected chi connectivity index (χ1v) is 20.4. The molecule has 0 amide bonds. The molecule has 5 aromatic rings. The van der Waals surface area contributed by atoms with Crippen LogP contribution in [0, 0.1) is 0 Å². The molecule has 6 rings (SSSR count). The molecule has 1 aliphatic rings. The van der Waals surface area contributed by atoms with Gasteiger partial charge in [-0.05, 0) is 98.1 Å². The molecule has 1 saturated heterocycles. The van der Waals surface area contributed by atoms with Crippen molar-refractivity contribution in [1.82, 2.24) is 0 Å². The standard InChI is InChI=1S/C41H50O5P2/c1-6-8-16-32-24-34(42-4)26-36-37-27-35(43-5)25-33(17-9-7-2)41(37)46-48(45-40(32)36)44-29(3)28-47-38(30-18-12-10-13-19-30)22-23-39(47)31-20-14-11-15-21-31/h10-15,18-21,24-27,29,38-39H,6-9,16-17,22-23,28H2,1-5H3/t29-,38-,39-/m1/s1. The van der Waals surface area contributed by atoms with Crippen LogP contribution in [0.1, 0.15) is 92.9 Å². The Morgan fingerprint density at radius 3 is 1.56 bits per heavy atom. The summed E-state index contributed by atoms with van der Waals surface area (Å²) in [5.74, 6) is 1.63. The summed E-state index contributed by atoms with van der Waals surface area (Å²) in [5, 5.41) is 1.95. The van der Waals surface area contributed by atoms with Crippen LogP contribution in [0.4, 0.5) is 0 Å². The molecule has 4 aromatic carbocycles. The van der Waals surface area contributed by atoms with Gasteiger partial charge in [-0.2, -0.15) is 0 Å². The van der Waals surface area contributed by atoms with Crippen LogP contribution in [0.2, 0.25) is 0 Å². The summed E-state index contributed by atoms with van der Waals surface area (Å²) in [6.45, 7) is 6.65. The van der Waals surface area contributed by atoms with Crippen LogP contribution in [0.5, 0.6) is 11.5 Å². The summed E-state index contributed by atoms with van der Waals surface area (Å²) >= 11 is 0. The fourth-order valence-electron chi connectivity index (χ4n) is 7.15. The van der Waals surface area contributed by atoms with E-state index in [0.717, 1.165) is 89.3 Å². The van der Waals surface area contributed by atoms with E-state index in [-0.39, 0.29) is 6.10 Å². The average molecular weight is 685 g/mol. The summed E-state index contributed by atoms with van der Waals surface area (Å²) in [6.07, 6.45) is 9.41. The highest BCUT2D eigenvalue weighted by atomic mass is 31.1. The quantitative estimate of drug-likeness (QED) is 0.109. The van der Waals surface area contributed by atoms with Crippen molar-refractivity contribution < 1.29 is 22.4 Å². The Labute approximate surface area is 288 Å². The van der Waals surface area contributed by atoms with Gasteiger partial charge in [0.05, 0.1) is 20.3 Å². The minimum absolute atomic E-state index is 0.0440. The maximum absolute atomic E-state index is 6.92. The van der Waals surface area contributed by atoms with Crippen LogP contribution >= 0.6 is 16.2 Å². The second-order valence-electron chi connectivity index (χ2n) is 13.0. The molecule has 3 atom stereocenters. The van der Waals surface area contributed by atoms with E-state index in [0.29, 0.717) is 11.3 Å². The first-order chi connectivity index (χ1) is 23.5. The lowest BCUT2D eigenvalue weighted by Crippen LogP contribution is -2.16. The molecule has 0 unspecified atom stereocenters. The second kappa shape index (κ2) is 16.4. The van der Waals surface area contributed by atoms with Gasteiger partial charge in [-0.15, -0.1) is 0 Å². The molecule has 254 valence electrons. The van der Waals surface area contributed by atoms with Crippen molar-refractivity contribution in [3.8, 4) is 11.5 Å². The molecular formula is C41H50O5P2. The van der Waals surface area contributed by atoms with E-state index in [1.54, 1.807) is 14.2 Å². The number of fused-ring (bicyclic) bond motifs is 3. The molecule has 2 heterocycles. The van der Waals surface area contributed by atoms with Crippen LogP contribution in [0.3, 0.4) is 0 Å². The fourth-order valence-corrected chi connectivity index (χ4v) is 12.2. The highest BCUT2D eigenvalue weighted by Gasteiger charge is 2.38. The van der Waals surface area contributed by atoms with E-state index in [4.69, 9.17) is 22.4 Å². The summed E-state index contributed by atoms with van der Waals surface area (Å²) in [5.41, 5.74) is 7.92. The smallest absolute Gasteiger partial charge is 0.387 e. The van der Waals surface area contributed by atoms with Gasteiger partial charge in [0.1, 0.15) is 22.7 Å². The lowest BCUT2D eigenvalue weighted by Gasteiger charge is -2.28. The zero-order valence-corrected chi connectivity index (χ0v) is 30.9. The van der Waals surface area contributed by atoms with Gasteiger partial charge in [0, 0.05) is 22.1 Å². The molecule has 0 aliphatic carbocycles. The second-order valence-corrected chi connectivity index (χ2v) is 16.6. The maximum Gasteiger partial charge on any atom is 0.387 e. The highest BCUT2D eigenvalue weighted by molar-refractivity contribution is 7.58. The predicted molar refractivity (Wildman–Crippen MR) is 202 cm³/mol. The van der Waals surface area contributed by atoms with Gasteiger partial charge in [0.15, 0.2) is 0 Å². The Kier molecular flexibility index (Phi) is 11.9. The molecule has 5 nitrogen and oxygen atoms in total. The highest BCUT2D eigenvalue weighted by Crippen LogP contribution is 2.70. The number of methoxy groups -OCH3 is 2. The van der Waals surface area contributed by atoms with E-state index in [9.17, 15) is 0 Å². The lowest BCUT2D eigenvalue weighted by molar-refractivity contribution is 0.303. The zero-order chi connectivity index (χ0) is 33.5. The van der Waals surface area contributed by atoms with Crippen molar-refractivity contribution >= 4 is 38.1 Å². The van der Waals surface area contributed by atoms with Gasteiger partial charge in [0.25, 0.3) is 0 Å². The van der Waals surface area contributed by atoms with E-state index in [1.165, 1.54) is 24.0 Å². The van der Waals surface area contributed by atoms with Crippen molar-refractivity contribution in [2.24, 2.45) is 0 Å². The molecule has 1 aromatic heterocycles. The SMILES string of the molecule is CCCCc1cc(OC)cc2c1op(O[C@H](C)CP1[C@@H](c3ccccc3)CC[C@@H]1c1ccccc1)oc1c(CCCC)cc(OC)cc12. The number of ether oxygens (including phenoxy) is 2. The molecule has 1 fully saturated rings. The summed E-state index contributed by atoms with van der Waals surface area (Å²) in [7, 11) is 1.32. The van der Waals surface area contributed by atoms with E-state index >= 15 is 0 Å². The Bertz CT molecular complexity index is 1700. The van der Waals surface area contributed by atoms with Crippen LogP contribution in [-0.4, -0.2) is 26.5 Å². The van der Waals surface area contributed by atoms with Gasteiger partial charge in [-0.25, -0.2) is 0 Å². The van der Waals surface area contributed by atoms with E-state index in [2.05, 4.69) is 106 Å². The van der Waals surface area contributed by atoms with E-state index < -0.39 is 16.2 Å². The molecule has 0 bridgehead atoms. The number of hydrogen-bond donors (Lipinski definition) is 0. The maximum atomic E-state index is 6.92. The third-order valence-electron chi connectivity index (χ3n) is 9.59. The number of aryl methyl sites for hydroxylation is 2. The summed E-state index contributed by atoms with van der Waals surface area (Å²) < 4.78 is 32.3. The Morgan fingerprint density at radius 1 is 0.688 bits per heavy atom. The minimum atomic E-state index is -1.73. The third kappa shape index (κ3) is 7.81. The summed E-state index contributed by atoms with van der Waals surface area (Å²) in [6, 6.07) is 30.6. The normalized spacial score (nSPS) is 17.2. The van der Waals surface area contributed by atoms with Crippen LogP contribution in [0.25, 0.3) is 21.9 Å². The third-order valence-corrected chi connectivity index (χ3v) is 14.4. The van der Waals surface area contributed by atoms with Gasteiger partial charge < -0.3 is 17.9 Å². The molecule has 0 radical (unpaired) electrons. The average Bonchev–Trinajstić information content (AvgIpc) is 3.46. The van der Waals surface area contributed by atoms with Gasteiger partial charge in [0.2, 0.25) is 0 Å². The molecule has 48 heavy (non-hydrogen) atoms. The van der Waals surface area contributed by atoms with Crippen molar-refractivity contribution in [3.05, 3.63) is 107 Å². The minimum Gasteiger partial charge on any atom is -0.497 e. The molecule has 7 heteroatoms. The number of hydrogen-bond acceptors (Lipinski definition) is 5. The summed E-state index contributed by atoms with van der Waals surface area (Å²) in [4.78, 5) is 0. The predicted octanol–water partition coefficient (Wildman–Crippen LogP) is 12.6. The first kappa shape index (κ1) is 34.6. The van der Waals surface area contributed by atoms with Crippen LogP contribution in [0.15, 0.2) is 93.3 Å². The topological polar surface area (TPSA) is 54.0 Å². The van der Waals surface area contributed by atoms with Gasteiger partial charge in [-0.3, -0.25) is 4.52 Å². The number of rotatable bonds is 14. The van der Waals surface area contributed by atoms with Crippen LogP contribution in [-0.2, 0) is 12.8 Å². The van der Waals surface area contributed by atoms with Crippen molar-refractivity contribution in [2.45, 2.75) is 89.6 Å². The van der Waals surface area contributed by atoms with Crippen molar-refractivity contribution in [3.63, 3.8) is 0 Å². The van der Waals surface area contributed by atoms with Gasteiger partial charge >= 0.3 is 8.24 Å². The number of unbranched alkanes of at least 4 members (excludes halogenated alkanes) is 2. The van der Waals surface area contributed by atoms with Crippen molar-refractivity contribution in [2.75, 3.05) is 20.4 Å². The Balaban J connectivity index is 1.45. The van der Waals surface area contributed by atoms with Crippen LogP contribution < -0.4 is 14.0 Å². The van der Waals surface area contributed by atoms with E-state index in [1.807, 2.05) is 0 Å². The number of benzene rings is 4. The molecular weight excluding hydrogens is 634 g/mol. The zero-order valence-electron chi connectivity index (χ0n) is 29.1. The first-order valence-electron chi connectivity index (χ1n) is 17.6. The largest absolute Gasteiger partial charge is 0.497 e. The Hall–Kier alpha value is -3.23. The monoisotopic (exact) mass is 684 g/mol. The molecule has 0 N–H and O–H groups in total. The molecule has 0 saturated carbocycles. The lowest BCUT2D eigenvalue weighted by atomic mass is 10.00. The molecule has 1 aliphatic heterocycles. The van der Waals surface area contributed by atoms with Crippen molar-refractivity contribution in [1.29, 1.82) is 0 Å². The Morgan fingerprint density at radius 2 is 1.15 bits per heavy atom. The molecule has 0 spiro atoms.